The molecule has 0 fully saturated rings. The first-order valence-corrected chi connectivity index (χ1v) is 6.80. The number of nitrogen functional groups attached to an aromatic ring is 1. The molecule has 3 N–H and O–H groups in total. The van der Waals surface area contributed by atoms with Crippen LogP contribution in [0.4, 0.5) is 0 Å². The molecule has 5 heteroatoms. The number of benzene rings is 1. The summed E-state index contributed by atoms with van der Waals surface area (Å²) in [4.78, 5) is 4.23. The Bertz CT molecular complexity index is 555. The summed E-state index contributed by atoms with van der Waals surface area (Å²) in [7, 11) is 0. The SMILES string of the molecule is N=C(N)c1ccc(OCCOCCc2ccccn2)cc1. The zero-order valence-electron chi connectivity index (χ0n) is 11.8. The van der Waals surface area contributed by atoms with Crippen LogP contribution in [0.15, 0.2) is 48.7 Å². The first-order chi connectivity index (χ1) is 10.3. The van der Waals surface area contributed by atoms with E-state index < -0.39 is 0 Å². The monoisotopic (exact) mass is 285 g/mol. The highest BCUT2D eigenvalue weighted by atomic mass is 16.5. The first kappa shape index (κ1) is 15.0. The van der Waals surface area contributed by atoms with E-state index in [1.165, 1.54) is 0 Å². The maximum absolute atomic E-state index is 7.30. The van der Waals surface area contributed by atoms with Gasteiger partial charge in [0.15, 0.2) is 0 Å². The number of aromatic nitrogens is 1. The highest BCUT2D eigenvalue weighted by Gasteiger charge is 1.98. The van der Waals surface area contributed by atoms with Crippen LogP contribution in [-0.2, 0) is 11.2 Å². The summed E-state index contributed by atoms with van der Waals surface area (Å²) in [5.41, 5.74) is 7.10. The number of nitrogens with zero attached hydrogens (tertiary/aromatic N) is 1. The van der Waals surface area contributed by atoms with Crippen LogP contribution in [0.25, 0.3) is 0 Å². The van der Waals surface area contributed by atoms with Gasteiger partial charge in [0, 0.05) is 23.9 Å². The van der Waals surface area contributed by atoms with Crippen LogP contribution in [0.3, 0.4) is 0 Å². The predicted octanol–water partition coefficient (Wildman–Crippen LogP) is 2.00. The van der Waals surface area contributed by atoms with E-state index in [9.17, 15) is 0 Å². The van der Waals surface area contributed by atoms with Gasteiger partial charge in [-0.1, -0.05) is 6.07 Å². The molecule has 21 heavy (non-hydrogen) atoms. The third-order valence-corrected chi connectivity index (χ3v) is 2.89. The standard InChI is InChI=1S/C16H19N3O2/c17-16(18)13-4-6-15(7-5-13)21-12-11-20-10-8-14-3-1-2-9-19-14/h1-7,9H,8,10-12H2,(H3,17,18). The van der Waals surface area contributed by atoms with E-state index in [4.69, 9.17) is 20.6 Å². The van der Waals surface area contributed by atoms with Gasteiger partial charge in [0.1, 0.15) is 18.2 Å². The van der Waals surface area contributed by atoms with Crippen LogP contribution < -0.4 is 10.5 Å². The minimum Gasteiger partial charge on any atom is -0.491 e. The van der Waals surface area contributed by atoms with E-state index in [1.54, 1.807) is 30.5 Å². The molecule has 0 spiro atoms. The molecule has 0 aliphatic heterocycles. The number of hydrogen-bond donors (Lipinski definition) is 2. The molecule has 2 aromatic rings. The van der Waals surface area contributed by atoms with Crippen molar-refractivity contribution >= 4 is 5.84 Å². The molecule has 2 rings (SSSR count). The number of amidine groups is 1. The van der Waals surface area contributed by atoms with Crippen LogP contribution in [0.1, 0.15) is 11.3 Å². The van der Waals surface area contributed by atoms with E-state index in [0.29, 0.717) is 25.4 Å². The molecule has 0 radical (unpaired) electrons. The predicted molar refractivity (Wildman–Crippen MR) is 81.7 cm³/mol. The number of hydrogen-bond acceptors (Lipinski definition) is 4. The Hall–Kier alpha value is -2.40. The van der Waals surface area contributed by atoms with Gasteiger partial charge in [-0.15, -0.1) is 0 Å². The van der Waals surface area contributed by atoms with Gasteiger partial charge in [0.05, 0.1) is 13.2 Å². The molecule has 0 amide bonds. The Morgan fingerprint density at radius 3 is 2.52 bits per heavy atom. The fourth-order valence-electron chi connectivity index (χ4n) is 1.77. The number of ether oxygens (including phenoxy) is 2. The third-order valence-electron chi connectivity index (χ3n) is 2.89. The second-order valence-electron chi connectivity index (χ2n) is 4.47. The highest BCUT2D eigenvalue weighted by Crippen LogP contribution is 2.11. The Balaban J connectivity index is 1.60. The molecule has 0 saturated carbocycles. The van der Waals surface area contributed by atoms with Crippen LogP contribution in [-0.4, -0.2) is 30.6 Å². The molecule has 0 aliphatic carbocycles. The van der Waals surface area contributed by atoms with Crippen molar-refractivity contribution in [1.29, 1.82) is 5.41 Å². The van der Waals surface area contributed by atoms with Crippen molar-refractivity contribution in [3.63, 3.8) is 0 Å². The molecule has 5 nitrogen and oxygen atoms in total. The Morgan fingerprint density at radius 2 is 1.86 bits per heavy atom. The fraction of sp³-hybridized carbons (Fsp3) is 0.250. The lowest BCUT2D eigenvalue weighted by Crippen LogP contribution is -2.11. The number of nitrogens with two attached hydrogens (primary N) is 1. The highest BCUT2D eigenvalue weighted by molar-refractivity contribution is 5.94. The Labute approximate surface area is 124 Å². The van der Waals surface area contributed by atoms with E-state index in [2.05, 4.69) is 4.98 Å². The minimum atomic E-state index is 0.0550. The summed E-state index contributed by atoms with van der Waals surface area (Å²) >= 11 is 0. The van der Waals surface area contributed by atoms with Crippen molar-refractivity contribution in [3.05, 3.63) is 59.9 Å². The van der Waals surface area contributed by atoms with E-state index in [1.807, 2.05) is 18.2 Å². The third kappa shape index (κ3) is 5.24. The zero-order valence-corrected chi connectivity index (χ0v) is 11.8. The molecule has 110 valence electrons. The molecule has 0 unspecified atom stereocenters. The second-order valence-corrected chi connectivity index (χ2v) is 4.47. The summed E-state index contributed by atoms with van der Waals surface area (Å²) < 4.78 is 11.0. The molecule has 1 aromatic carbocycles. The van der Waals surface area contributed by atoms with Crippen LogP contribution in [0, 0.1) is 5.41 Å². The molecular weight excluding hydrogens is 266 g/mol. The van der Waals surface area contributed by atoms with Crippen molar-refractivity contribution in [2.75, 3.05) is 19.8 Å². The topological polar surface area (TPSA) is 81.2 Å². The van der Waals surface area contributed by atoms with Crippen molar-refractivity contribution in [3.8, 4) is 5.75 Å². The molecular formula is C16H19N3O2. The van der Waals surface area contributed by atoms with Crippen molar-refractivity contribution in [2.24, 2.45) is 5.73 Å². The summed E-state index contributed by atoms with van der Waals surface area (Å²) in [6.07, 6.45) is 2.58. The van der Waals surface area contributed by atoms with Gasteiger partial charge >= 0.3 is 0 Å². The quantitative estimate of drug-likeness (QED) is 0.441. The second kappa shape index (κ2) is 8.01. The van der Waals surface area contributed by atoms with Gasteiger partial charge in [-0.3, -0.25) is 10.4 Å². The maximum Gasteiger partial charge on any atom is 0.122 e. The van der Waals surface area contributed by atoms with Crippen molar-refractivity contribution in [1.82, 2.24) is 4.98 Å². The van der Waals surface area contributed by atoms with Gasteiger partial charge < -0.3 is 15.2 Å². The summed E-state index contributed by atoms with van der Waals surface area (Å²) in [5, 5.41) is 7.30. The maximum atomic E-state index is 7.30. The van der Waals surface area contributed by atoms with Gasteiger partial charge in [-0.25, -0.2) is 0 Å². The molecule has 0 aliphatic rings. The lowest BCUT2D eigenvalue weighted by molar-refractivity contribution is 0.102. The number of nitrogens with one attached hydrogen (secondary N) is 1. The van der Waals surface area contributed by atoms with Crippen molar-refractivity contribution < 1.29 is 9.47 Å². The smallest absolute Gasteiger partial charge is 0.122 e. The van der Waals surface area contributed by atoms with Crippen LogP contribution in [0.2, 0.25) is 0 Å². The van der Waals surface area contributed by atoms with Gasteiger partial charge in [-0.2, -0.15) is 0 Å². The lowest BCUT2D eigenvalue weighted by atomic mass is 10.2. The van der Waals surface area contributed by atoms with E-state index in [0.717, 1.165) is 17.9 Å². The first-order valence-electron chi connectivity index (χ1n) is 6.80. The van der Waals surface area contributed by atoms with E-state index >= 15 is 0 Å². The van der Waals surface area contributed by atoms with Gasteiger partial charge in [0.2, 0.25) is 0 Å². The average Bonchev–Trinajstić information content (AvgIpc) is 2.52. The fourth-order valence-corrected chi connectivity index (χ4v) is 1.77. The molecule has 0 bridgehead atoms. The Morgan fingerprint density at radius 1 is 1.05 bits per heavy atom. The molecule has 1 heterocycles. The molecule has 1 aromatic heterocycles. The summed E-state index contributed by atoms with van der Waals surface area (Å²) in [6, 6.07) is 13.0. The molecule has 0 atom stereocenters. The molecule has 0 saturated heterocycles. The van der Waals surface area contributed by atoms with Gasteiger partial charge in [-0.05, 0) is 36.4 Å². The van der Waals surface area contributed by atoms with Crippen LogP contribution >= 0.6 is 0 Å². The van der Waals surface area contributed by atoms with Gasteiger partial charge in [0.25, 0.3) is 0 Å². The van der Waals surface area contributed by atoms with Crippen LogP contribution in [0.5, 0.6) is 5.75 Å². The average molecular weight is 285 g/mol. The summed E-state index contributed by atoms with van der Waals surface area (Å²) in [5.74, 6) is 0.799. The number of rotatable bonds is 8. The number of pyridine rings is 1. The largest absolute Gasteiger partial charge is 0.491 e. The zero-order chi connectivity index (χ0) is 14.9. The van der Waals surface area contributed by atoms with E-state index in [-0.39, 0.29) is 5.84 Å². The Kier molecular flexibility index (Phi) is 5.72. The minimum absolute atomic E-state index is 0.0550. The summed E-state index contributed by atoms with van der Waals surface area (Å²) in [6.45, 7) is 1.65. The normalized spacial score (nSPS) is 10.3. The lowest BCUT2D eigenvalue weighted by Gasteiger charge is -2.07. The van der Waals surface area contributed by atoms with Crippen molar-refractivity contribution in [2.45, 2.75) is 6.42 Å².